The van der Waals surface area contributed by atoms with Crippen molar-refractivity contribution in [2.75, 3.05) is 11.1 Å². The standard InChI is InChI=1S/C14H15N3S2/c1-8(10-3-4-18-7-10)16-12-6-13-14(5-11(12)15)19-9(2)17-13/h3-8,16H,15H2,1-2H3. The summed E-state index contributed by atoms with van der Waals surface area (Å²) in [5.74, 6) is 0. The molecule has 2 aromatic heterocycles. The summed E-state index contributed by atoms with van der Waals surface area (Å²) < 4.78 is 1.14. The molecule has 0 saturated heterocycles. The first-order valence-electron chi connectivity index (χ1n) is 6.09. The highest BCUT2D eigenvalue weighted by Gasteiger charge is 2.10. The maximum absolute atomic E-state index is 6.12. The van der Waals surface area contributed by atoms with Crippen molar-refractivity contribution in [3.8, 4) is 0 Å². The third-order valence-electron chi connectivity index (χ3n) is 3.08. The van der Waals surface area contributed by atoms with Gasteiger partial charge in [0, 0.05) is 6.04 Å². The number of aromatic nitrogens is 1. The van der Waals surface area contributed by atoms with Gasteiger partial charge in [-0.3, -0.25) is 0 Å². The molecule has 19 heavy (non-hydrogen) atoms. The number of fused-ring (bicyclic) bond motifs is 1. The first-order chi connectivity index (χ1) is 9.13. The van der Waals surface area contributed by atoms with Gasteiger partial charge in [-0.1, -0.05) is 0 Å². The van der Waals surface area contributed by atoms with Crippen LogP contribution >= 0.6 is 22.7 Å². The van der Waals surface area contributed by atoms with Crippen LogP contribution in [-0.2, 0) is 0 Å². The molecule has 0 aliphatic heterocycles. The molecule has 3 rings (SSSR count). The largest absolute Gasteiger partial charge is 0.397 e. The van der Waals surface area contributed by atoms with E-state index in [4.69, 9.17) is 5.73 Å². The van der Waals surface area contributed by atoms with E-state index in [1.807, 2.05) is 19.1 Å². The second-order valence-electron chi connectivity index (χ2n) is 4.56. The van der Waals surface area contributed by atoms with Gasteiger partial charge in [-0.2, -0.15) is 11.3 Å². The summed E-state index contributed by atoms with van der Waals surface area (Å²) in [7, 11) is 0. The second-order valence-corrected chi connectivity index (χ2v) is 6.58. The lowest BCUT2D eigenvalue weighted by Gasteiger charge is -2.15. The van der Waals surface area contributed by atoms with Crippen LogP contribution in [0.25, 0.3) is 10.2 Å². The first-order valence-corrected chi connectivity index (χ1v) is 7.84. The number of nitrogens with zero attached hydrogens (tertiary/aromatic N) is 1. The zero-order valence-electron chi connectivity index (χ0n) is 10.8. The van der Waals surface area contributed by atoms with E-state index in [1.54, 1.807) is 22.7 Å². The van der Waals surface area contributed by atoms with Crippen molar-refractivity contribution in [3.63, 3.8) is 0 Å². The number of hydrogen-bond acceptors (Lipinski definition) is 5. The van der Waals surface area contributed by atoms with Gasteiger partial charge in [0.2, 0.25) is 0 Å². The van der Waals surface area contributed by atoms with E-state index in [1.165, 1.54) is 5.56 Å². The summed E-state index contributed by atoms with van der Waals surface area (Å²) in [6.07, 6.45) is 0. The lowest BCUT2D eigenvalue weighted by Crippen LogP contribution is -2.07. The van der Waals surface area contributed by atoms with E-state index in [2.05, 4.69) is 34.1 Å². The Balaban J connectivity index is 1.94. The van der Waals surface area contributed by atoms with Gasteiger partial charge in [0.15, 0.2) is 0 Å². The van der Waals surface area contributed by atoms with Crippen LogP contribution in [0, 0.1) is 6.92 Å². The minimum atomic E-state index is 0.241. The van der Waals surface area contributed by atoms with E-state index < -0.39 is 0 Å². The Hall–Kier alpha value is -1.59. The topological polar surface area (TPSA) is 50.9 Å². The molecular weight excluding hydrogens is 274 g/mol. The lowest BCUT2D eigenvalue weighted by molar-refractivity contribution is 0.892. The molecular formula is C14H15N3S2. The summed E-state index contributed by atoms with van der Waals surface area (Å²) in [4.78, 5) is 4.51. The number of hydrogen-bond donors (Lipinski definition) is 2. The third-order valence-corrected chi connectivity index (χ3v) is 4.72. The summed E-state index contributed by atoms with van der Waals surface area (Å²) in [6.45, 7) is 4.15. The monoisotopic (exact) mass is 289 g/mol. The molecule has 0 amide bonds. The fourth-order valence-corrected chi connectivity index (χ4v) is 3.68. The number of aryl methyl sites for hydroxylation is 1. The van der Waals surface area contributed by atoms with Crippen LogP contribution in [0.4, 0.5) is 11.4 Å². The van der Waals surface area contributed by atoms with Gasteiger partial charge in [0.05, 0.1) is 26.6 Å². The van der Waals surface area contributed by atoms with Crippen LogP contribution in [0.2, 0.25) is 0 Å². The minimum Gasteiger partial charge on any atom is -0.397 e. The highest BCUT2D eigenvalue weighted by atomic mass is 32.1. The zero-order chi connectivity index (χ0) is 13.4. The van der Waals surface area contributed by atoms with Crippen LogP contribution in [0.1, 0.15) is 23.5 Å². The molecule has 1 atom stereocenters. The Morgan fingerprint density at radius 1 is 1.37 bits per heavy atom. The maximum Gasteiger partial charge on any atom is 0.0907 e. The highest BCUT2D eigenvalue weighted by Crippen LogP contribution is 2.32. The molecule has 0 aliphatic rings. The average Bonchev–Trinajstić information content (AvgIpc) is 2.97. The fourth-order valence-electron chi connectivity index (χ4n) is 2.07. The number of rotatable bonds is 3. The van der Waals surface area contributed by atoms with Crippen LogP contribution in [0.3, 0.4) is 0 Å². The molecule has 0 saturated carbocycles. The van der Waals surface area contributed by atoms with Crippen molar-refractivity contribution >= 4 is 44.3 Å². The molecule has 5 heteroatoms. The molecule has 1 unspecified atom stereocenters. The van der Waals surface area contributed by atoms with Crippen molar-refractivity contribution in [1.29, 1.82) is 0 Å². The number of nitrogens with two attached hydrogens (primary N) is 1. The normalized spacial score (nSPS) is 12.7. The molecule has 0 radical (unpaired) electrons. The minimum absolute atomic E-state index is 0.241. The van der Waals surface area contributed by atoms with Gasteiger partial charge in [-0.15, -0.1) is 11.3 Å². The molecule has 3 N–H and O–H groups in total. The number of nitrogen functional groups attached to an aromatic ring is 1. The quantitative estimate of drug-likeness (QED) is 0.702. The van der Waals surface area contributed by atoms with Crippen LogP contribution in [0.5, 0.6) is 0 Å². The van der Waals surface area contributed by atoms with Gasteiger partial charge in [0.1, 0.15) is 0 Å². The number of anilines is 2. The Bertz CT molecular complexity index is 701. The van der Waals surface area contributed by atoms with Gasteiger partial charge in [-0.25, -0.2) is 4.98 Å². The maximum atomic E-state index is 6.12. The Kier molecular flexibility index (Phi) is 3.16. The number of thiophene rings is 1. The molecule has 98 valence electrons. The van der Waals surface area contributed by atoms with E-state index in [9.17, 15) is 0 Å². The van der Waals surface area contributed by atoms with Gasteiger partial charge >= 0.3 is 0 Å². The summed E-state index contributed by atoms with van der Waals surface area (Å²) in [6, 6.07) is 6.41. The lowest BCUT2D eigenvalue weighted by atomic mass is 10.1. The van der Waals surface area contributed by atoms with E-state index in [0.29, 0.717) is 0 Å². The zero-order valence-corrected chi connectivity index (χ0v) is 12.4. The van der Waals surface area contributed by atoms with Crippen LogP contribution < -0.4 is 11.1 Å². The molecule has 2 heterocycles. The van der Waals surface area contributed by atoms with Crippen molar-refractivity contribution in [2.24, 2.45) is 0 Å². The van der Waals surface area contributed by atoms with Crippen molar-refractivity contribution in [2.45, 2.75) is 19.9 Å². The molecule has 1 aromatic carbocycles. The molecule has 0 bridgehead atoms. The second kappa shape index (κ2) is 4.83. The van der Waals surface area contributed by atoms with Crippen molar-refractivity contribution in [3.05, 3.63) is 39.5 Å². The smallest absolute Gasteiger partial charge is 0.0907 e. The van der Waals surface area contributed by atoms with Crippen molar-refractivity contribution in [1.82, 2.24) is 4.98 Å². The number of thiazole rings is 1. The van der Waals surface area contributed by atoms with E-state index in [-0.39, 0.29) is 6.04 Å². The predicted octanol–water partition coefficient (Wildman–Crippen LogP) is 4.42. The highest BCUT2D eigenvalue weighted by molar-refractivity contribution is 7.18. The Labute approximate surface area is 120 Å². The summed E-state index contributed by atoms with van der Waals surface area (Å²) >= 11 is 3.38. The van der Waals surface area contributed by atoms with Crippen LogP contribution in [-0.4, -0.2) is 4.98 Å². The van der Waals surface area contributed by atoms with Gasteiger partial charge < -0.3 is 11.1 Å². The third kappa shape index (κ3) is 2.43. The Morgan fingerprint density at radius 2 is 2.21 bits per heavy atom. The molecule has 3 aromatic rings. The van der Waals surface area contributed by atoms with Crippen molar-refractivity contribution < 1.29 is 0 Å². The Morgan fingerprint density at radius 3 is 2.95 bits per heavy atom. The fraction of sp³-hybridized carbons (Fsp3) is 0.214. The molecule has 0 aliphatic carbocycles. The van der Waals surface area contributed by atoms with E-state index in [0.717, 1.165) is 26.6 Å². The predicted molar refractivity (Wildman–Crippen MR) is 85.1 cm³/mol. The number of nitrogens with one attached hydrogen (secondary N) is 1. The summed E-state index contributed by atoms with van der Waals surface area (Å²) in [5.41, 5.74) is 10.1. The van der Waals surface area contributed by atoms with Gasteiger partial charge in [0.25, 0.3) is 0 Å². The molecule has 3 nitrogen and oxygen atoms in total. The first kappa shape index (κ1) is 12.4. The molecule has 0 fully saturated rings. The summed E-state index contributed by atoms with van der Waals surface area (Å²) in [5, 5.41) is 8.77. The number of benzene rings is 1. The molecule has 0 spiro atoms. The average molecular weight is 289 g/mol. The van der Waals surface area contributed by atoms with E-state index >= 15 is 0 Å². The SMILES string of the molecule is Cc1nc2cc(NC(C)c3ccsc3)c(N)cc2s1. The van der Waals surface area contributed by atoms with Gasteiger partial charge in [-0.05, 0) is 48.4 Å². The van der Waals surface area contributed by atoms with Crippen LogP contribution in [0.15, 0.2) is 29.0 Å².